The number of benzene rings is 2. The highest BCUT2D eigenvalue weighted by Crippen LogP contribution is 2.17. The molecule has 0 saturated carbocycles. The van der Waals surface area contributed by atoms with Crippen molar-refractivity contribution in [3.05, 3.63) is 69.2 Å². The van der Waals surface area contributed by atoms with E-state index in [1.807, 2.05) is 43.3 Å². The fourth-order valence-electron chi connectivity index (χ4n) is 1.72. The zero-order valence-electron chi connectivity index (χ0n) is 10.4. The largest absolute Gasteiger partial charge is 0.346 e. The van der Waals surface area contributed by atoms with E-state index in [1.165, 1.54) is 0 Å². The van der Waals surface area contributed by atoms with Gasteiger partial charge < -0.3 is 5.32 Å². The maximum Gasteiger partial charge on any atom is 0.251 e. The Labute approximate surface area is 125 Å². The Morgan fingerprint density at radius 2 is 1.68 bits per heavy atom. The standard InChI is InChI=1S/C15H13BrClNO/c1-10(11-4-8-14(17)9-5-11)18-15(19)12-2-6-13(16)7-3-12/h2-10H,1H3,(H,18,19). The van der Waals surface area contributed by atoms with Gasteiger partial charge in [-0.05, 0) is 48.9 Å². The summed E-state index contributed by atoms with van der Waals surface area (Å²) >= 11 is 9.19. The second-order valence-electron chi connectivity index (χ2n) is 4.25. The third kappa shape index (κ3) is 3.82. The van der Waals surface area contributed by atoms with Crippen molar-refractivity contribution in [2.24, 2.45) is 0 Å². The summed E-state index contributed by atoms with van der Waals surface area (Å²) in [6, 6.07) is 14.7. The molecule has 98 valence electrons. The number of carbonyl (C=O) groups excluding carboxylic acids is 1. The van der Waals surface area contributed by atoms with Crippen molar-refractivity contribution in [3.8, 4) is 0 Å². The van der Waals surface area contributed by atoms with Crippen LogP contribution in [-0.2, 0) is 0 Å². The van der Waals surface area contributed by atoms with E-state index < -0.39 is 0 Å². The highest BCUT2D eigenvalue weighted by atomic mass is 79.9. The lowest BCUT2D eigenvalue weighted by molar-refractivity contribution is 0.0940. The first-order valence-corrected chi connectivity index (χ1v) is 7.05. The topological polar surface area (TPSA) is 29.1 Å². The van der Waals surface area contributed by atoms with E-state index in [4.69, 9.17) is 11.6 Å². The van der Waals surface area contributed by atoms with E-state index in [-0.39, 0.29) is 11.9 Å². The summed E-state index contributed by atoms with van der Waals surface area (Å²) in [6.45, 7) is 1.94. The molecule has 0 radical (unpaired) electrons. The van der Waals surface area contributed by atoms with Gasteiger partial charge in [0.1, 0.15) is 0 Å². The molecule has 0 aliphatic rings. The molecule has 0 bridgehead atoms. The number of halogens is 2. The monoisotopic (exact) mass is 337 g/mol. The van der Waals surface area contributed by atoms with Gasteiger partial charge in [0, 0.05) is 15.1 Å². The number of hydrogen-bond donors (Lipinski definition) is 1. The van der Waals surface area contributed by atoms with Crippen LogP contribution in [0.15, 0.2) is 53.0 Å². The number of carbonyl (C=O) groups is 1. The lowest BCUT2D eigenvalue weighted by Gasteiger charge is -2.14. The molecular weight excluding hydrogens is 326 g/mol. The normalized spacial score (nSPS) is 11.9. The van der Waals surface area contributed by atoms with Gasteiger partial charge >= 0.3 is 0 Å². The van der Waals surface area contributed by atoms with E-state index in [0.29, 0.717) is 10.6 Å². The van der Waals surface area contributed by atoms with Crippen LogP contribution in [-0.4, -0.2) is 5.91 Å². The first kappa shape index (κ1) is 14.1. The highest BCUT2D eigenvalue weighted by Gasteiger charge is 2.11. The van der Waals surface area contributed by atoms with Gasteiger partial charge in [0.05, 0.1) is 6.04 Å². The molecule has 1 amide bonds. The molecule has 1 unspecified atom stereocenters. The summed E-state index contributed by atoms with van der Waals surface area (Å²) in [7, 11) is 0. The molecule has 0 aromatic heterocycles. The van der Waals surface area contributed by atoms with Gasteiger partial charge in [-0.25, -0.2) is 0 Å². The van der Waals surface area contributed by atoms with Crippen LogP contribution in [0, 0.1) is 0 Å². The van der Waals surface area contributed by atoms with Crippen LogP contribution in [0.3, 0.4) is 0 Å². The molecule has 0 saturated heterocycles. The molecule has 4 heteroatoms. The van der Waals surface area contributed by atoms with Crippen LogP contribution in [0.2, 0.25) is 5.02 Å². The SMILES string of the molecule is CC(NC(=O)c1ccc(Br)cc1)c1ccc(Cl)cc1. The Hall–Kier alpha value is -1.32. The van der Waals surface area contributed by atoms with E-state index in [1.54, 1.807) is 12.1 Å². The summed E-state index contributed by atoms with van der Waals surface area (Å²) in [5.41, 5.74) is 1.67. The third-order valence-electron chi connectivity index (χ3n) is 2.82. The highest BCUT2D eigenvalue weighted by molar-refractivity contribution is 9.10. The second kappa shape index (κ2) is 6.22. The van der Waals surface area contributed by atoms with Gasteiger partial charge in [0.2, 0.25) is 0 Å². The van der Waals surface area contributed by atoms with Gasteiger partial charge in [0.25, 0.3) is 5.91 Å². The van der Waals surface area contributed by atoms with Gasteiger partial charge in [-0.2, -0.15) is 0 Å². The molecule has 0 fully saturated rings. The van der Waals surface area contributed by atoms with Crippen LogP contribution < -0.4 is 5.32 Å². The van der Waals surface area contributed by atoms with Crippen molar-refractivity contribution in [2.45, 2.75) is 13.0 Å². The minimum Gasteiger partial charge on any atom is -0.346 e. The zero-order chi connectivity index (χ0) is 13.8. The average molecular weight is 339 g/mol. The predicted octanol–water partition coefficient (Wildman–Crippen LogP) is 4.59. The zero-order valence-corrected chi connectivity index (χ0v) is 12.7. The smallest absolute Gasteiger partial charge is 0.251 e. The van der Waals surface area contributed by atoms with Gasteiger partial charge in [-0.15, -0.1) is 0 Å². The number of nitrogens with one attached hydrogen (secondary N) is 1. The molecule has 0 heterocycles. The molecule has 2 rings (SSSR count). The summed E-state index contributed by atoms with van der Waals surface area (Å²) in [5, 5.41) is 3.64. The van der Waals surface area contributed by atoms with E-state index in [0.717, 1.165) is 10.0 Å². The summed E-state index contributed by atoms with van der Waals surface area (Å²) in [6.07, 6.45) is 0. The molecule has 19 heavy (non-hydrogen) atoms. The molecule has 0 aliphatic carbocycles. The number of rotatable bonds is 3. The van der Waals surface area contributed by atoms with Crippen molar-refractivity contribution in [2.75, 3.05) is 0 Å². The Balaban J connectivity index is 2.06. The Morgan fingerprint density at radius 1 is 1.11 bits per heavy atom. The van der Waals surface area contributed by atoms with Crippen molar-refractivity contribution >= 4 is 33.4 Å². The first-order valence-electron chi connectivity index (χ1n) is 5.88. The lowest BCUT2D eigenvalue weighted by Crippen LogP contribution is -2.26. The third-order valence-corrected chi connectivity index (χ3v) is 3.60. The molecule has 1 atom stereocenters. The Morgan fingerprint density at radius 3 is 2.26 bits per heavy atom. The first-order chi connectivity index (χ1) is 9.06. The maximum atomic E-state index is 12.1. The van der Waals surface area contributed by atoms with Crippen LogP contribution in [0.4, 0.5) is 0 Å². The quantitative estimate of drug-likeness (QED) is 0.871. The Kier molecular flexibility index (Phi) is 4.61. The molecule has 0 spiro atoms. The average Bonchev–Trinajstić information content (AvgIpc) is 2.40. The number of hydrogen-bond acceptors (Lipinski definition) is 1. The summed E-state index contributed by atoms with van der Waals surface area (Å²) < 4.78 is 0.954. The number of amides is 1. The van der Waals surface area contributed by atoms with Gasteiger partial charge in [-0.1, -0.05) is 39.7 Å². The van der Waals surface area contributed by atoms with E-state index in [9.17, 15) is 4.79 Å². The fraction of sp³-hybridized carbons (Fsp3) is 0.133. The molecule has 2 aromatic carbocycles. The molecule has 2 nitrogen and oxygen atoms in total. The molecular formula is C15H13BrClNO. The van der Waals surface area contributed by atoms with Crippen LogP contribution in [0.1, 0.15) is 28.9 Å². The van der Waals surface area contributed by atoms with Gasteiger partial charge in [-0.3, -0.25) is 4.79 Å². The van der Waals surface area contributed by atoms with Crippen LogP contribution in [0.25, 0.3) is 0 Å². The van der Waals surface area contributed by atoms with Crippen molar-refractivity contribution < 1.29 is 4.79 Å². The van der Waals surface area contributed by atoms with E-state index in [2.05, 4.69) is 21.2 Å². The minimum atomic E-state index is -0.0880. The van der Waals surface area contributed by atoms with Crippen molar-refractivity contribution in [3.63, 3.8) is 0 Å². The maximum absolute atomic E-state index is 12.1. The van der Waals surface area contributed by atoms with Crippen LogP contribution >= 0.6 is 27.5 Å². The predicted molar refractivity (Wildman–Crippen MR) is 81.5 cm³/mol. The second-order valence-corrected chi connectivity index (χ2v) is 5.61. The molecule has 2 aromatic rings. The summed E-state index contributed by atoms with van der Waals surface area (Å²) in [5.74, 6) is -0.0880. The van der Waals surface area contributed by atoms with Gasteiger partial charge in [0.15, 0.2) is 0 Å². The van der Waals surface area contributed by atoms with E-state index >= 15 is 0 Å². The minimum absolute atomic E-state index is 0.0617. The summed E-state index contributed by atoms with van der Waals surface area (Å²) in [4.78, 5) is 12.1. The molecule has 0 aliphatic heterocycles. The Bertz CT molecular complexity index is 566. The fourth-order valence-corrected chi connectivity index (χ4v) is 2.11. The van der Waals surface area contributed by atoms with Crippen molar-refractivity contribution in [1.82, 2.24) is 5.32 Å². The molecule has 1 N–H and O–H groups in total. The van der Waals surface area contributed by atoms with Crippen molar-refractivity contribution in [1.29, 1.82) is 0 Å². The lowest BCUT2D eigenvalue weighted by atomic mass is 10.1. The van der Waals surface area contributed by atoms with Crippen LogP contribution in [0.5, 0.6) is 0 Å².